The molecule has 0 radical (unpaired) electrons. The van der Waals surface area contributed by atoms with Gasteiger partial charge in [0.2, 0.25) is 5.91 Å². The fraction of sp³-hybridized carbons (Fsp3) is 0.292. The second-order valence-corrected chi connectivity index (χ2v) is 8.11. The van der Waals surface area contributed by atoms with Gasteiger partial charge in [-0.1, -0.05) is 41.9 Å². The summed E-state index contributed by atoms with van der Waals surface area (Å²) in [5.74, 6) is 1.60. The minimum Gasteiger partial charge on any atom is -0.344 e. The van der Waals surface area contributed by atoms with Crippen LogP contribution >= 0.6 is 11.6 Å². The first-order valence-corrected chi connectivity index (χ1v) is 10.5. The van der Waals surface area contributed by atoms with Crippen molar-refractivity contribution in [1.29, 1.82) is 0 Å². The number of nitrogens with zero attached hydrogens (tertiary/aromatic N) is 4. The van der Waals surface area contributed by atoms with Gasteiger partial charge in [0.25, 0.3) is 0 Å². The number of anilines is 2. The molecule has 0 saturated carbocycles. The Balaban J connectivity index is 1.67. The minimum absolute atomic E-state index is 0.0618. The fourth-order valence-electron chi connectivity index (χ4n) is 3.90. The first-order chi connectivity index (χ1) is 14.5. The van der Waals surface area contributed by atoms with Crippen molar-refractivity contribution >= 4 is 29.0 Å². The highest BCUT2D eigenvalue weighted by molar-refractivity contribution is 6.30. The van der Waals surface area contributed by atoms with Crippen LogP contribution in [0, 0.1) is 13.8 Å². The van der Waals surface area contributed by atoms with E-state index in [9.17, 15) is 4.79 Å². The maximum absolute atomic E-state index is 13.4. The van der Waals surface area contributed by atoms with Gasteiger partial charge in [-0.15, -0.1) is 0 Å². The monoisotopic (exact) mass is 420 g/mol. The Bertz CT molecular complexity index is 1050. The van der Waals surface area contributed by atoms with Gasteiger partial charge in [0.1, 0.15) is 11.9 Å². The lowest BCUT2D eigenvalue weighted by Crippen LogP contribution is -2.45. The molecule has 1 fully saturated rings. The third-order valence-corrected chi connectivity index (χ3v) is 6.00. The third kappa shape index (κ3) is 3.90. The van der Waals surface area contributed by atoms with Crippen LogP contribution in [-0.4, -0.2) is 35.5 Å². The molecular formula is C24H25ClN4O. The van der Waals surface area contributed by atoms with E-state index >= 15 is 0 Å². The Labute approximate surface area is 182 Å². The van der Waals surface area contributed by atoms with Crippen LogP contribution in [0.4, 0.5) is 11.5 Å². The van der Waals surface area contributed by atoms with Crippen LogP contribution in [0.5, 0.6) is 0 Å². The molecule has 5 nitrogen and oxygen atoms in total. The predicted octanol–water partition coefficient (Wildman–Crippen LogP) is 5.05. The molecule has 3 aromatic rings. The number of hydrogen-bond donors (Lipinski definition) is 0. The number of hydrogen-bond acceptors (Lipinski definition) is 4. The summed E-state index contributed by atoms with van der Waals surface area (Å²) in [6.07, 6.45) is 1.76. The molecule has 1 amide bonds. The molecule has 6 heteroatoms. The third-order valence-electron chi connectivity index (χ3n) is 5.75. The van der Waals surface area contributed by atoms with Gasteiger partial charge in [0, 0.05) is 41.1 Å². The van der Waals surface area contributed by atoms with E-state index in [4.69, 9.17) is 21.6 Å². The summed E-state index contributed by atoms with van der Waals surface area (Å²) >= 11 is 6.00. The number of carbonyl (C=O) groups is 1. The molecule has 2 aromatic carbocycles. The SMILES string of the molecule is Cc1nc(-c2ccccc2)nc(N2CCCC2C(=O)N(C)c2ccc(Cl)cc2)c1C. The molecule has 1 aliphatic heterocycles. The quantitative estimate of drug-likeness (QED) is 0.592. The van der Waals surface area contributed by atoms with Crippen LogP contribution in [0.25, 0.3) is 11.4 Å². The molecule has 0 N–H and O–H groups in total. The van der Waals surface area contributed by atoms with Gasteiger partial charge in [-0.2, -0.15) is 0 Å². The molecule has 1 atom stereocenters. The van der Waals surface area contributed by atoms with Gasteiger partial charge >= 0.3 is 0 Å². The second kappa shape index (κ2) is 8.44. The number of aryl methyl sites for hydroxylation is 1. The summed E-state index contributed by atoms with van der Waals surface area (Å²) in [5.41, 5.74) is 3.76. The van der Waals surface area contributed by atoms with Crippen LogP contribution in [-0.2, 0) is 4.79 Å². The van der Waals surface area contributed by atoms with Crippen LogP contribution in [0.15, 0.2) is 54.6 Å². The molecule has 1 aliphatic rings. The topological polar surface area (TPSA) is 49.3 Å². The van der Waals surface area contributed by atoms with E-state index in [2.05, 4.69) is 4.90 Å². The average molecular weight is 421 g/mol. The maximum Gasteiger partial charge on any atom is 0.249 e. The molecule has 4 rings (SSSR count). The van der Waals surface area contributed by atoms with Gasteiger partial charge in [-0.25, -0.2) is 9.97 Å². The number of carbonyl (C=O) groups excluding carboxylic acids is 1. The first kappa shape index (κ1) is 20.4. The van der Waals surface area contributed by atoms with Crippen molar-refractivity contribution in [3.8, 4) is 11.4 Å². The van der Waals surface area contributed by atoms with Crippen molar-refractivity contribution < 1.29 is 4.79 Å². The molecule has 154 valence electrons. The zero-order chi connectivity index (χ0) is 21.3. The van der Waals surface area contributed by atoms with Crippen molar-refractivity contribution in [2.75, 3.05) is 23.4 Å². The molecule has 0 aliphatic carbocycles. The number of rotatable bonds is 4. The summed E-state index contributed by atoms with van der Waals surface area (Å²) in [7, 11) is 1.82. The predicted molar refractivity (Wildman–Crippen MR) is 122 cm³/mol. The van der Waals surface area contributed by atoms with Crippen molar-refractivity contribution in [3.05, 3.63) is 70.9 Å². The molecule has 2 heterocycles. The Kier molecular flexibility index (Phi) is 5.73. The highest BCUT2D eigenvalue weighted by atomic mass is 35.5. The van der Waals surface area contributed by atoms with Gasteiger partial charge in [0.05, 0.1) is 0 Å². The number of benzene rings is 2. The van der Waals surface area contributed by atoms with Crippen LogP contribution < -0.4 is 9.80 Å². The lowest BCUT2D eigenvalue weighted by molar-refractivity contribution is -0.119. The van der Waals surface area contributed by atoms with Gasteiger partial charge in [-0.05, 0) is 51.0 Å². The lowest BCUT2D eigenvalue weighted by atomic mass is 10.1. The Morgan fingerprint density at radius 1 is 1.07 bits per heavy atom. The molecule has 0 spiro atoms. The van der Waals surface area contributed by atoms with E-state index in [1.807, 2.05) is 63.4 Å². The van der Waals surface area contributed by atoms with Gasteiger partial charge in [0.15, 0.2) is 5.82 Å². The Morgan fingerprint density at radius 2 is 1.77 bits per heavy atom. The Morgan fingerprint density at radius 3 is 2.47 bits per heavy atom. The minimum atomic E-state index is -0.248. The molecule has 1 saturated heterocycles. The number of likely N-dealkylation sites (N-methyl/N-ethyl adjacent to an activating group) is 1. The maximum atomic E-state index is 13.4. The standard InChI is InChI=1S/C24H25ClN4O/c1-16-17(2)26-22(18-8-5-4-6-9-18)27-23(16)29-15-7-10-21(29)24(30)28(3)20-13-11-19(25)12-14-20/h4-6,8-9,11-14,21H,7,10,15H2,1-3H3. The van der Waals surface area contributed by atoms with E-state index < -0.39 is 0 Å². The molecule has 30 heavy (non-hydrogen) atoms. The van der Waals surface area contributed by atoms with Crippen LogP contribution in [0.3, 0.4) is 0 Å². The summed E-state index contributed by atoms with van der Waals surface area (Å²) in [4.78, 5) is 26.8. The molecule has 1 aromatic heterocycles. The van der Waals surface area contributed by atoms with E-state index in [1.54, 1.807) is 17.0 Å². The first-order valence-electron chi connectivity index (χ1n) is 10.2. The van der Waals surface area contributed by atoms with Crippen molar-refractivity contribution in [2.45, 2.75) is 32.7 Å². The van der Waals surface area contributed by atoms with Crippen molar-refractivity contribution in [3.63, 3.8) is 0 Å². The fourth-order valence-corrected chi connectivity index (χ4v) is 4.03. The Hall–Kier alpha value is -2.92. The average Bonchev–Trinajstić information content (AvgIpc) is 3.25. The van der Waals surface area contributed by atoms with E-state index in [0.717, 1.165) is 47.7 Å². The van der Waals surface area contributed by atoms with Gasteiger partial charge in [-0.3, -0.25) is 4.79 Å². The van der Waals surface area contributed by atoms with Crippen molar-refractivity contribution in [1.82, 2.24) is 9.97 Å². The normalized spacial score (nSPS) is 16.0. The molecule has 0 bridgehead atoms. The lowest BCUT2D eigenvalue weighted by Gasteiger charge is -2.30. The summed E-state index contributed by atoms with van der Waals surface area (Å²) in [6, 6.07) is 17.1. The number of aromatic nitrogens is 2. The van der Waals surface area contributed by atoms with E-state index in [-0.39, 0.29) is 11.9 Å². The molecule has 1 unspecified atom stereocenters. The van der Waals surface area contributed by atoms with E-state index in [0.29, 0.717) is 10.8 Å². The molecular weight excluding hydrogens is 396 g/mol. The summed E-state index contributed by atoms with van der Waals surface area (Å²) in [6.45, 7) is 4.83. The van der Waals surface area contributed by atoms with Crippen LogP contribution in [0.1, 0.15) is 24.1 Å². The van der Waals surface area contributed by atoms with Crippen molar-refractivity contribution in [2.24, 2.45) is 0 Å². The highest BCUT2D eigenvalue weighted by Gasteiger charge is 2.35. The largest absolute Gasteiger partial charge is 0.344 e. The number of halogens is 1. The summed E-state index contributed by atoms with van der Waals surface area (Å²) < 4.78 is 0. The summed E-state index contributed by atoms with van der Waals surface area (Å²) in [5, 5.41) is 0.655. The number of amides is 1. The highest BCUT2D eigenvalue weighted by Crippen LogP contribution is 2.31. The zero-order valence-corrected chi connectivity index (χ0v) is 18.2. The van der Waals surface area contributed by atoms with E-state index in [1.165, 1.54) is 0 Å². The smallest absolute Gasteiger partial charge is 0.249 e. The van der Waals surface area contributed by atoms with Crippen LogP contribution in [0.2, 0.25) is 5.02 Å². The zero-order valence-electron chi connectivity index (χ0n) is 17.5. The second-order valence-electron chi connectivity index (χ2n) is 7.67. The van der Waals surface area contributed by atoms with Gasteiger partial charge < -0.3 is 9.80 Å².